The molecule has 0 unspecified atom stereocenters. The van der Waals surface area contributed by atoms with Crippen LogP contribution >= 0.6 is 17.0 Å². The predicted molar refractivity (Wildman–Crippen MR) is 56.2 cm³/mol. The van der Waals surface area contributed by atoms with Crippen molar-refractivity contribution >= 4 is 22.9 Å². The van der Waals surface area contributed by atoms with Gasteiger partial charge in [-0.15, -0.1) is 17.0 Å². The van der Waals surface area contributed by atoms with Crippen LogP contribution in [-0.4, -0.2) is 5.91 Å². The zero-order valence-corrected chi connectivity index (χ0v) is 8.36. The van der Waals surface area contributed by atoms with Crippen LogP contribution in [0.4, 0.5) is 0 Å². The van der Waals surface area contributed by atoms with E-state index >= 15 is 0 Å². The summed E-state index contributed by atoms with van der Waals surface area (Å²) < 4.78 is 0. The molecule has 0 heterocycles. The van der Waals surface area contributed by atoms with Gasteiger partial charge in [0.1, 0.15) is 0 Å². The van der Waals surface area contributed by atoms with E-state index < -0.39 is 5.91 Å². The van der Waals surface area contributed by atoms with E-state index in [2.05, 4.69) is 12.3 Å². The van der Waals surface area contributed by atoms with Gasteiger partial charge < -0.3 is 5.73 Å². The summed E-state index contributed by atoms with van der Waals surface area (Å²) in [5.74, 6) is -0.481. The quantitative estimate of drug-likeness (QED) is 0.736. The van der Waals surface area contributed by atoms with Crippen molar-refractivity contribution in [3.63, 3.8) is 0 Å². The van der Waals surface area contributed by atoms with E-state index in [-0.39, 0.29) is 17.0 Å². The van der Waals surface area contributed by atoms with Crippen LogP contribution in [0.5, 0.6) is 0 Å². The van der Waals surface area contributed by atoms with E-state index in [1.807, 2.05) is 36.4 Å². The van der Waals surface area contributed by atoms with Crippen LogP contribution < -0.4 is 5.73 Å². The molecule has 0 aromatic heterocycles. The second kappa shape index (κ2) is 9.91. The molecule has 0 aliphatic heterocycles. The first-order valence-corrected chi connectivity index (χ1v) is 3.19. The third-order valence-electron chi connectivity index (χ3n) is 0.868. The van der Waals surface area contributed by atoms with Crippen LogP contribution in [0.15, 0.2) is 49.1 Å². The minimum atomic E-state index is -0.481. The number of carbonyl (C=O) groups excluding carboxylic acids is 1. The average Bonchev–Trinajstić information content (AvgIpc) is 2.09. The number of primary amides is 1. The van der Waals surface area contributed by atoms with Gasteiger partial charge in [-0.05, 0) is 6.08 Å². The normalized spacial score (nSPS) is 6.67. The molecule has 2 nitrogen and oxygen atoms in total. The number of nitrogens with two attached hydrogens (primary N) is 1. The molecule has 3 heteroatoms. The van der Waals surface area contributed by atoms with Crippen molar-refractivity contribution in [1.29, 1.82) is 0 Å². The lowest BCUT2D eigenvalue weighted by molar-refractivity contribution is -0.113. The number of carbonyl (C=O) groups is 1. The Balaban J connectivity index is 0. The first-order valence-electron chi connectivity index (χ1n) is 3.19. The van der Waals surface area contributed by atoms with E-state index in [0.717, 1.165) is 6.08 Å². The Bertz CT molecular complexity index is 184. The summed E-state index contributed by atoms with van der Waals surface area (Å²) in [6.45, 7) is 3.09. The summed E-state index contributed by atoms with van der Waals surface area (Å²) in [4.78, 5) is 9.47. The maximum Gasteiger partial charge on any atom is 0.240 e. The molecule has 12 heavy (non-hydrogen) atoms. The fourth-order valence-corrected chi connectivity index (χ4v) is 0.385. The molecule has 1 amide bonds. The van der Waals surface area contributed by atoms with Crippen molar-refractivity contribution in [3.05, 3.63) is 49.1 Å². The van der Waals surface area contributed by atoms with Gasteiger partial charge in [0.15, 0.2) is 0 Å². The van der Waals surface area contributed by atoms with Gasteiger partial charge in [-0.1, -0.05) is 43.0 Å². The largest absolute Gasteiger partial charge is 0.366 e. The van der Waals surface area contributed by atoms with Crippen molar-refractivity contribution in [2.75, 3.05) is 0 Å². The Kier molecular flexibility index (Phi) is 11.1. The molecule has 0 fully saturated rings. The fraction of sp³-hybridized carbons (Fsp3) is 0. The highest BCUT2D eigenvalue weighted by Crippen LogP contribution is 1.79. The predicted octanol–water partition coefficient (Wildman–Crippen LogP) is 1.92. The van der Waals surface area contributed by atoms with E-state index in [4.69, 9.17) is 0 Å². The minimum absolute atomic E-state index is 0. The summed E-state index contributed by atoms with van der Waals surface area (Å²) in [6.07, 6.45) is 1.06. The van der Waals surface area contributed by atoms with Crippen LogP contribution in [0.25, 0.3) is 0 Å². The second-order valence-corrected chi connectivity index (χ2v) is 1.76. The summed E-state index contributed by atoms with van der Waals surface area (Å²) in [7, 11) is 0. The third-order valence-corrected chi connectivity index (χ3v) is 0.868. The molecule has 0 saturated carbocycles. The van der Waals surface area contributed by atoms with Gasteiger partial charge >= 0.3 is 0 Å². The number of amides is 1. The lowest BCUT2D eigenvalue weighted by Gasteiger charge is -1.69. The standard InChI is InChI=1S/C6H6.C3H5NO.BrH/c1-2-4-6-5-3-1;1-2-3(4)5;/h1-6H;2H,1H2,(H2,4,5);1H. The summed E-state index contributed by atoms with van der Waals surface area (Å²) >= 11 is 0. The van der Waals surface area contributed by atoms with Gasteiger partial charge in [-0.2, -0.15) is 0 Å². The van der Waals surface area contributed by atoms with Crippen molar-refractivity contribution in [3.8, 4) is 0 Å². The van der Waals surface area contributed by atoms with E-state index in [1.54, 1.807) is 0 Å². The smallest absolute Gasteiger partial charge is 0.240 e. The number of rotatable bonds is 1. The van der Waals surface area contributed by atoms with Crippen molar-refractivity contribution in [1.82, 2.24) is 0 Å². The van der Waals surface area contributed by atoms with Crippen LogP contribution in [0.3, 0.4) is 0 Å². The Morgan fingerprint density at radius 2 is 1.25 bits per heavy atom. The van der Waals surface area contributed by atoms with E-state index in [1.165, 1.54) is 0 Å². The Morgan fingerprint density at radius 3 is 1.33 bits per heavy atom. The Hall–Kier alpha value is -1.09. The summed E-state index contributed by atoms with van der Waals surface area (Å²) in [6, 6.07) is 12.0. The van der Waals surface area contributed by atoms with Crippen LogP contribution in [0.1, 0.15) is 0 Å². The van der Waals surface area contributed by atoms with Crippen LogP contribution in [0, 0.1) is 0 Å². The molecule has 2 N–H and O–H groups in total. The molecule has 0 aliphatic rings. The SMILES string of the molecule is Br.C=CC(N)=O.c1ccccc1. The molecule has 0 aliphatic carbocycles. The fourth-order valence-electron chi connectivity index (χ4n) is 0.385. The van der Waals surface area contributed by atoms with Gasteiger partial charge in [-0.25, -0.2) is 0 Å². The topological polar surface area (TPSA) is 43.1 Å². The third kappa shape index (κ3) is 11.7. The zero-order chi connectivity index (χ0) is 8.53. The lowest BCUT2D eigenvalue weighted by Crippen LogP contribution is -2.04. The lowest BCUT2D eigenvalue weighted by atomic mass is 10.4. The molecule has 0 bridgehead atoms. The van der Waals surface area contributed by atoms with Crippen molar-refractivity contribution in [2.45, 2.75) is 0 Å². The highest BCUT2D eigenvalue weighted by Gasteiger charge is 1.69. The highest BCUT2D eigenvalue weighted by molar-refractivity contribution is 8.93. The molecule has 1 aromatic carbocycles. The Morgan fingerprint density at radius 1 is 1.08 bits per heavy atom. The minimum Gasteiger partial charge on any atom is -0.366 e. The number of benzene rings is 1. The summed E-state index contributed by atoms with van der Waals surface area (Å²) in [5.41, 5.74) is 4.53. The van der Waals surface area contributed by atoms with E-state index in [9.17, 15) is 4.79 Å². The van der Waals surface area contributed by atoms with Crippen molar-refractivity contribution < 1.29 is 4.79 Å². The molecular formula is C9H12BrNO. The van der Waals surface area contributed by atoms with Gasteiger partial charge in [0.25, 0.3) is 0 Å². The molecule has 66 valence electrons. The number of halogens is 1. The first-order chi connectivity index (χ1) is 5.27. The van der Waals surface area contributed by atoms with Crippen LogP contribution in [-0.2, 0) is 4.79 Å². The van der Waals surface area contributed by atoms with Gasteiger partial charge in [0.2, 0.25) is 5.91 Å². The zero-order valence-electron chi connectivity index (χ0n) is 6.64. The maximum absolute atomic E-state index is 9.47. The first kappa shape index (κ1) is 13.5. The maximum atomic E-state index is 9.47. The molecule has 0 saturated heterocycles. The molecule has 1 rings (SSSR count). The summed E-state index contributed by atoms with van der Waals surface area (Å²) in [5, 5.41) is 0. The molecule has 0 spiro atoms. The highest BCUT2D eigenvalue weighted by atomic mass is 79.9. The molecular weight excluding hydrogens is 218 g/mol. The Labute approximate surface area is 82.9 Å². The number of hydrogen-bond acceptors (Lipinski definition) is 1. The monoisotopic (exact) mass is 229 g/mol. The molecule has 1 aromatic rings. The van der Waals surface area contributed by atoms with Crippen LogP contribution in [0.2, 0.25) is 0 Å². The molecule has 0 atom stereocenters. The number of hydrogen-bond donors (Lipinski definition) is 1. The van der Waals surface area contributed by atoms with E-state index in [0.29, 0.717) is 0 Å². The second-order valence-electron chi connectivity index (χ2n) is 1.76. The average molecular weight is 230 g/mol. The van der Waals surface area contributed by atoms with Gasteiger partial charge in [-0.3, -0.25) is 4.79 Å². The van der Waals surface area contributed by atoms with Crippen molar-refractivity contribution in [2.24, 2.45) is 5.73 Å². The molecule has 0 radical (unpaired) electrons. The van der Waals surface area contributed by atoms with Gasteiger partial charge in [0.05, 0.1) is 0 Å². The van der Waals surface area contributed by atoms with Gasteiger partial charge in [0, 0.05) is 0 Å².